The maximum absolute atomic E-state index is 13.7. The first-order valence-corrected chi connectivity index (χ1v) is 22.9. The first-order chi connectivity index (χ1) is 30.1. The molecule has 1 aromatic rings. The Hall–Kier alpha value is -4.58. The van der Waals surface area contributed by atoms with Crippen LogP contribution in [-0.2, 0) is 54.1 Å². The number of benzene rings is 1. The second-order valence-corrected chi connectivity index (χ2v) is 21.9. The summed E-state index contributed by atoms with van der Waals surface area (Å²) < 4.78 is 28.3. The number of aliphatic carboxylic acids is 1. The van der Waals surface area contributed by atoms with Crippen molar-refractivity contribution in [3.8, 4) is 0 Å². The molecule has 2 N–H and O–H groups in total. The van der Waals surface area contributed by atoms with Gasteiger partial charge in [0.05, 0.1) is 26.2 Å². The van der Waals surface area contributed by atoms with Gasteiger partial charge < -0.3 is 34.1 Å². The van der Waals surface area contributed by atoms with Gasteiger partial charge in [0.1, 0.15) is 34.0 Å². The molecule has 1 amide bonds. The zero-order valence-corrected chi connectivity index (χ0v) is 42.5. The van der Waals surface area contributed by atoms with Crippen LogP contribution in [0.5, 0.6) is 0 Å². The lowest BCUT2D eigenvalue weighted by Crippen LogP contribution is -2.54. The highest BCUT2D eigenvalue weighted by atomic mass is 16.6. The Morgan fingerprint density at radius 1 is 0.576 bits per heavy atom. The third-order valence-electron chi connectivity index (χ3n) is 9.35. The molecular formula is C49H81N5O12. The number of hydrogen-bond donors (Lipinski definition) is 2. The van der Waals surface area contributed by atoms with Gasteiger partial charge in [0.25, 0.3) is 0 Å². The zero-order chi connectivity index (χ0) is 50.3. The third kappa shape index (κ3) is 26.5. The summed E-state index contributed by atoms with van der Waals surface area (Å²) in [5.41, 5.74) is -1.95. The Balaban J connectivity index is 2.61. The SMILES string of the molecule is CC(C)(C)OC(=O)CN1CCN(CC(=O)OC(C)(C)C)CCN(CC(=O)OC(C)(C)C)[C@@H](Cc2ccc(C=CCC(NC(=O)OC(C)(C)C)C(=O)O)cc2)CN(CC(=O)OC(C)(C)C)CC1. The first kappa shape index (κ1) is 57.5. The van der Waals surface area contributed by atoms with E-state index >= 15 is 0 Å². The summed E-state index contributed by atoms with van der Waals surface area (Å²) in [5.74, 6) is -2.85. The third-order valence-corrected chi connectivity index (χ3v) is 9.35. The summed E-state index contributed by atoms with van der Waals surface area (Å²) >= 11 is 0. The van der Waals surface area contributed by atoms with E-state index in [2.05, 4.69) is 5.32 Å². The number of rotatable bonds is 15. The van der Waals surface area contributed by atoms with Crippen LogP contribution in [0.15, 0.2) is 30.3 Å². The molecule has 1 heterocycles. The molecule has 0 radical (unpaired) electrons. The highest BCUT2D eigenvalue weighted by Gasteiger charge is 2.31. The van der Waals surface area contributed by atoms with Gasteiger partial charge in [-0.3, -0.25) is 38.8 Å². The monoisotopic (exact) mass is 932 g/mol. The molecule has 2 atom stereocenters. The van der Waals surface area contributed by atoms with Crippen LogP contribution >= 0.6 is 0 Å². The van der Waals surface area contributed by atoms with Gasteiger partial charge in [-0.25, -0.2) is 9.59 Å². The smallest absolute Gasteiger partial charge is 0.408 e. The van der Waals surface area contributed by atoms with E-state index in [1.54, 1.807) is 32.9 Å². The second-order valence-electron chi connectivity index (χ2n) is 21.9. The minimum Gasteiger partial charge on any atom is -0.480 e. The number of nitrogens with zero attached hydrogens (tertiary/aromatic N) is 4. The van der Waals surface area contributed by atoms with Crippen LogP contribution in [0.25, 0.3) is 6.08 Å². The predicted molar refractivity (Wildman–Crippen MR) is 253 cm³/mol. The standard InChI is InChI=1S/C49H81N5O12/c1-45(2,3)62-39(55)31-51-23-24-52(32-40(56)63-46(4,5)6)27-28-54(34-42(58)65-48(10,11)12)37(30-53(26-25-51)33-41(57)64-47(7,8)9)29-36-21-19-35(20-22-36)17-16-18-38(43(59)60)50-44(61)66-49(13,14)15/h16-17,19-22,37-38H,18,23-34H2,1-15H3,(H,50,61)(H,59,60)/t37-,38?/m0/s1. The molecule has 0 saturated carbocycles. The minimum atomic E-state index is -1.20. The van der Waals surface area contributed by atoms with Gasteiger partial charge in [-0.05, 0) is 128 Å². The van der Waals surface area contributed by atoms with Crippen LogP contribution in [0.4, 0.5) is 4.79 Å². The quantitative estimate of drug-likeness (QED) is 0.164. The number of carboxylic acid groups (broad SMARTS) is 1. The average molecular weight is 932 g/mol. The van der Waals surface area contributed by atoms with E-state index in [-0.39, 0.29) is 38.6 Å². The van der Waals surface area contributed by atoms with Gasteiger partial charge in [-0.15, -0.1) is 0 Å². The molecule has 0 bridgehead atoms. The van der Waals surface area contributed by atoms with Crippen LogP contribution in [0.3, 0.4) is 0 Å². The molecule has 0 spiro atoms. The molecule has 1 unspecified atom stereocenters. The van der Waals surface area contributed by atoms with Gasteiger partial charge in [0.15, 0.2) is 0 Å². The highest BCUT2D eigenvalue weighted by Crippen LogP contribution is 2.18. The second kappa shape index (κ2) is 25.0. The molecule has 1 aliphatic rings. The molecule has 1 saturated heterocycles. The fourth-order valence-electron chi connectivity index (χ4n) is 6.87. The lowest BCUT2D eigenvalue weighted by molar-refractivity contribution is -0.160. The lowest BCUT2D eigenvalue weighted by Gasteiger charge is -2.39. The van der Waals surface area contributed by atoms with Crippen LogP contribution in [0.1, 0.15) is 121 Å². The zero-order valence-electron chi connectivity index (χ0n) is 42.5. The van der Waals surface area contributed by atoms with Crippen molar-refractivity contribution in [3.05, 3.63) is 41.5 Å². The molecule has 1 aliphatic heterocycles. The van der Waals surface area contributed by atoms with E-state index in [4.69, 9.17) is 23.7 Å². The summed E-state index contributed by atoms with van der Waals surface area (Å²) in [6.07, 6.45) is 3.08. The van der Waals surface area contributed by atoms with Crippen molar-refractivity contribution in [3.63, 3.8) is 0 Å². The van der Waals surface area contributed by atoms with Gasteiger partial charge in [0, 0.05) is 51.9 Å². The molecule has 2 rings (SSSR count). The number of hydrogen-bond acceptors (Lipinski definition) is 15. The number of ether oxygens (including phenoxy) is 5. The van der Waals surface area contributed by atoms with Gasteiger partial charge >= 0.3 is 35.9 Å². The van der Waals surface area contributed by atoms with Crippen molar-refractivity contribution in [2.75, 3.05) is 72.0 Å². The Morgan fingerprint density at radius 3 is 1.36 bits per heavy atom. The van der Waals surface area contributed by atoms with Crippen molar-refractivity contribution in [1.29, 1.82) is 0 Å². The summed E-state index contributed by atoms with van der Waals surface area (Å²) in [4.78, 5) is 85.8. The Kier molecular flexibility index (Phi) is 21.8. The predicted octanol–water partition coefficient (Wildman–Crippen LogP) is 5.57. The largest absolute Gasteiger partial charge is 0.480 e. The number of carboxylic acids is 1. The van der Waals surface area contributed by atoms with E-state index in [9.17, 15) is 33.9 Å². The molecule has 17 nitrogen and oxygen atoms in total. The van der Waals surface area contributed by atoms with Crippen molar-refractivity contribution in [2.24, 2.45) is 0 Å². The summed E-state index contributed by atoms with van der Waals surface area (Å²) in [5, 5.41) is 12.1. The molecular weight excluding hydrogens is 851 g/mol. The van der Waals surface area contributed by atoms with Gasteiger partial charge in [-0.1, -0.05) is 36.4 Å². The Labute approximate surface area is 393 Å². The maximum Gasteiger partial charge on any atom is 0.408 e. The fourth-order valence-corrected chi connectivity index (χ4v) is 6.87. The molecule has 66 heavy (non-hydrogen) atoms. The number of nitrogens with one attached hydrogen (secondary N) is 1. The van der Waals surface area contributed by atoms with E-state index < -0.39 is 70.0 Å². The van der Waals surface area contributed by atoms with Crippen LogP contribution in [0.2, 0.25) is 0 Å². The Bertz CT molecular complexity index is 1780. The van der Waals surface area contributed by atoms with E-state index in [1.807, 2.05) is 127 Å². The number of esters is 4. The number of alkyl carbamates (subject to hydrolysis) is 1. The average Bonchev–Trinajstić information content (AvgIpc) is 3.09. The normalized spacial score (nSPS) is 17.8. The molecule has 0 aliphatic carbocycles. The lowest BCUT2D eigenvalue weighted by atomic mass is 10.0. The fraction of sp³-hybridized carbons (Fsp3) is 0.714. The molecule has 17 heteroatoms. The van der Waals surface area contributed by atoms with E-state index in [0.29, 0.717) is 52.2 Å². The summed E-state index contributed by atoms with van der Waals surface area (Å²) in [6.45, 7) is 29.2. The van der Waals surface area contributed by atoms with E-state index in [0.717, 1.165) is 11.1 Å². The number of carbonyl (C=O) groups excluding carboxylic acids is 5. The van der Waals surface area contributed by atoms with E-state index in [1.165, 1.54) is 0 Å². The van der Waals surface area contributed by atoms with Gasteiger partial charge in [-0.2, -0.15) is 0 Å². The number of amides is 1. The van der Waals surface area contributed by atoms with Crippen molar-refractivity contribution in [1.82, 2.24) is 24.9 Å². The van der Waals surface area contributed by atoms with Crippen LogP contribution < -0.4 is 5.32 Å². The maximum atomic E-state index is 13.7. The topological polar surface area (TPSA) is 194 Å². The first-order valence-electron chi connectivity index (χ1n) is 22.9. The van der Waals surface area contributed by atoms with Gasteiger partial charge in [0.2, 0.25) is 0 Å². The molecule has 1 aromatic carbocycles. The van der Waals surface area contributed by atoms with Crippen molar-refractivity contribution < 1.29 is 57.6 Å². The Morgan fingerprint density at radius 2 is 0.955 bits per heavy atom. The summed E-state index contributed by atoms with van der Waals surface area (Å²) in [6, 6.07) is 6.12. The van der Waals surface area contributed by atoms with Crippen molar-refractivity contribution >= 4 is 42.0 Å². The number of carbonyl (C=O) groups is 6. The summed E-state index contributed by atoms with van der Waals surface area (Å²) in [7, 11) is 0. The highest BCUT2D eigenvalue weighted by molar-refractivity contribution is 5.80. The minimum absolute atomic E-state index is 0.00989. The van der Waals surface area contributed by atoms with Crippen LogP contribution in [0, 0.1) is 0 Å². The molecule has 374 valence electrons. The molecule has 1 fully saturated rings. The van der Waals surface area contributed by atoms with Crippen LogP contribution in [-0.4, -0.2) is 173 Å². The molecule has 0 aromatic heterocycles. The van der Waals surface area contributed by atoms with Crippen molar-refractivity contribution in [2.45, 2.75) is 157 Å².